The number of rotatable bonds is 2. The third kappa shape index (κ3) is 2.61. The van der Waals surface area contributed by atoms with Gasteiger partial charge in [-0.1, -0.05) is 17.9 Å². The summed E-state index contributed by atoms with van der Waals surface area (Å²) >= 11 is 5.53. The molecule has 0 spiro atoms. The summed E-state index contributed by atoms with van der Waals surface area (Å²) in [5.74, 6) is 5.46. The Morgan fingerprint density at radius 3 is 2.94 bits per heavy atom. The highest BCUT2D eigenvalue weighted by Gasteiger charge is 2.06. The van der Waals surface area contributed by atoms with Gasteiger partial charge in [-0.25, -0.2) is 4.79 Å². The van der Waals surface area contributed by atoms with Gasteiger partial charge in [0, 0.05) is 28.8 Å². The van der Waals surface area contributed by atoms with Crippen LogP contribution in [0.5, 0.6) is 0 Å². The molecular weight excluding hydrogens is 238 g/mol. The average Bonchev–Trinajstić information content (AvgIpc) is 2.72. The number of fused-ring (bicyclic) bond motifs is 1. The maximum absolute atomic E-state index is 10.8. The summed E-state index contributed by atoms with van der Waals surface area (Å²) in [6.45, 7) is 0. The Kier molecular flexibility index (Phi) is 3.36. The Morgan fingerprint density at radius 2 is 2.24 bits per heavy atom. The van der Waals surface area contributed by atoms with E-state index in [1.54, 1.807) is 6.07 Å². The fourth-order valence-electron chi connectivity index (χ4n) is 1.53. The quantitative estimate of drug-likeness (QED) is 0.633. The molecule has 4 heteroatoms. The fraction of sp³-hybridized carbons (Fsp3) is 0.154. The van der Waals surface area contributed by atoms with E-state index >= 15 is 0 Å². The minimum absolute atomic E-state index is 0.186. The van der Waals surface area contributed by atoms with Gasteiger partial charge in [-0.2, -0.15) is 0 Å². The van der Waals surface area contributed by atoms with E-state index in [-0.39, 0.29) is 5.69 Å². The zero-order valence-corrected chi connectivity index (χ0v) is 9.71. The summed E-state index contributed by atoms with van der Waals surface area (Å²) in [7, 11) is 0. The van der Waals surface area contributed by atoms with Gasteiger partial charge < -0.3 is 10.1 Å². The Hall–Kier alpha value is -1.92. The van der Waals surface area contributed by atoms with E-state index in [0.29, 0.717) is 12.3 Å². The highest BCUT2D eigenvalue weighted by Crippen LogP contribution is 2.16. The highest BCUT2D eigenvalue weighted by atomic mass is 35.5. The lowest BCUT2D eigenvalue weighted by Crippen LogP contribution is -1.94. The molecule has 1 aromatic carbocycles. The van der Waals surface area contributed by atoms with Gasteiger partial charge in [-0.05, 0) is 18.2 Å². The first-order chi connectivity index (χ1) is 8.20. The van der Waals surface area contributed by atoms with Crippen LogP contribution in [0.25, 0.3) is 10.9 Å². The summed E-state index contributed by atoms with van der Waals surface area (Å²) < 4.78 is 0. The first kappa shape index (κ1) is 11.6. The molecule has 0 aliphatic rings. The molecule has 1 aromatic heterocycles. The number of aromatic nitrogens is 1. The lowest BCUT2D eigenvalue weighted by Gasteiger charge is -1.91. The Labute approximate surface area is 103 Å². The average molecular weight is 248 g/mol. The SMILES string of the molecule is O=C(O)c1cc2ccc(C#CCCCl)cc2[nH]1. The number of carboxylic acids is 1. The Morgan fingerprint density at radius 1 is 1.41 bits per heavy atom. The van der Waals surface area contributed by atoms with Crippen LogP contribution >= 0.6 is 11.6 Å². The normalized spacial score (nSPS) is 9.94. The second-order valence-electron chi connectivity index (χ2n) is 3.53. The lowest BCUT2D eigenvalue weighted by molar-refractivity contribution is 0.0691. The van der Waals surface area contributed by atoms with E-state index in [2.05, 4.69) is 16.8 Å². The largest absolute Gasteiger partial charge is 0.477 e. The number of carboxylic acid groups (broad SMARTS) is 1. The molecule has 86 valence electrons. The van der Waals surface area contributed by atoms with Gasteiger partial charge in [-0.3, -0.25) is 0 Å². The van der Waals surface area contributed by atoms with Crippen molar-refractivity contribution in [1.82, 2.24) is 4.98 Å². The number of aromatic amines is 1. The van der Waals surface area contributed by atoms with E-state index in [9.17, 15) is 4.79 Å². The van der Waals surface area contributed by atoms with Crippen molar-refractivity contribution in [2.75, 3.05) is 5.88 Å². The molecule has 0 fully saturated rings. The molecule has 0 saturated carbocycles. The van der Waals surface area contributed by atoms with Crippen LogP contribution in [-0.4, -0.2) is 21.9 Å². The molecule has 2 N–H and O–H groups in total. The molecule has 17 heavy (non-hydrogen) atoms. The zero-order chi connectivity index (χ0) is 12.3. The minimum atomic E-state index is -0.962. The van der Waals surface area contributed by atoms with Crippen LogP contribution in [-0.2, 0) is 0 Å². The topological polar surface area (TPSA) is 53.1 Å². The molecule has 0 atom stereocenters. The first-order valence-corrected chi connectivity index (χ1v) is 5.65. The van der Waals surface area contributed by atoms with Crippen molar-refractivity contribution in [3.8, 4) is 11.8 Å². The molecule has 0 saturated heterocycles. The van der Waals surface area contributed by atoms with Gasteiger partial charge in [-0.15, -0.1) is 11.6 Å². The second-order valence-corrected chi connectivity index (χ2v) is 3.91. The molecular formula is C13H10ClNO2. The Bertz CT molecular complexity index is 619. The van der Waals surface area contributed by atoms with Gasteiger partial charge in [0.1, 0.15) is 5.69 Å². The first-order valence-electron chi connectivity index (χ1n) is 5.11. The van der Waals surface area contributed by atoms with Crippen molar-refractivity contribution in [2.24, 2.45) is 0 Å². The fourth-order valence-corrected chi connectivity index (χ4v) is 1.63. The van der Waals surface area contributed by atoms with E-state index in [4.69, 9.17) is 16.7 Å². The van der Waals surface area contributed by atoms with Crippen molar-refractivity contribution in [1.29, 1.82) is 0 Å². The maximum atomic E-state index is 10.8. The lowest BCUT2D eigenvalue weighted by atomic mass is 10.1. The third-order valence-electron chi connectivity index (χ3n) is 2.31. The molecule has 0 aliphatic heterocycles. The van der Waals surface area contributed by atoms with Gasteiger partial charge in [0.25, 0.3) is 0 Å². The number of halogens is 1. The summed E-state index contributed by atoms with van der Waals surface area (Å²) in [5, 5.41) is 9.72. The van der Waals surface area contributed by atoms with E-state index < -0.39 is 5.97 Å². The van der Waals surface area contributed by atoms with Crippen LogP contribution in [0.4, 0.5) is 0 Å². The number of hydrogen-bond acceptors (Lipinski definition) is 1. The maximum Gasteiger partial charge on any atom is 0.352 e. The number of alkyl halides is 1. The standard InChI is InChI=1S/C13H10ClNO2/c14-6-2-1-3-9-4-5-10-8-12(13(16)17)15-11(10)7-9/h4-5,7-8,15H,2,6H2,(H,16,17). The summed E-state index contributed by atoms with van der Waals surface area (Å²) in [6, 6.07) is 7.16. The second kappa shape index (κ2) is 4.94. The van der Waals surface area contributed by atoms with Crippen molar-refractivity contribution in [3.05, 3.63) is 35.5 Å². The van der Waals surface area contributed by atoms with E-state index in [1.807, 2.05) is 18.2 Å². The third-order valence-corrected chi connectivity index (χ3v) is 2.49. The van der Waals surface area contributed by atoms with Crippen molar-refractivity contribution in [2.45, 2.75) is 6.42 Å². The number of hydrogen-bond donors (Lipinski definition) is 2. The molecule has 0 amide bonds. The smallest absolute Gasteiger partial charge is 0.352 e. The molecule has 1 heterocycles. The summed E-state index contributed by atoms with van der Waals surface area (Å²) in [5.41, 5.74) is 1.81. The van der Waals surface area contributed by atoms with E-state index in [1.165, 1.54) is 0 Å². The number of aromatic carboxylic acids is 1. The molecule has 0 bridgehead atoms. The van der Waals surface area contributed by atoms with Gasteiger partial charge in [0.05, 0.1) is 0 Å². The van der Waals surface area contributed by atoms with Crippen molar-refractivity contribution < 1.29 is 9.90 Å². The number of H-pyrrole nitrogens is 1. The zero-order valence-electron chi connectivity index (χ0n) is 8.96. The van der Waals surface area contributed by atoms with Gasteiger partial charge in [0.2, 0.25) is 0 Å². The number of nitrogens with one attached hydrogen (secondary N) is 1. The highest BCUT2D eigenvalue weighted by molar-refractivity contribution is 6.18. The molecule has 0 aliphatic carbocycles. The molecule has 3 nitrogen and oxygen atoms in total. The molecule has 2 aromatic rings. The Balaban J connectivity index is 2.37. The number of carbonyl (C=O) groups is 1. The van der Waals surface area contributed by atoms with Crippen molar-refractivity contribution in [3.63, 3.8) is 0 Å². The van der Waals surface area contributed by atoms with Crippen molar-refractivity contribution >= 4 is 28.5 Å². The number of benzene rings is 1. The molecule has 0 unspecified atom stereocenters. The van der Waals surface area contributed by atoms with Gasteiger partial charge >= 0.3 is 5.97 Å². The van der Waals surface area contributed by atoms with Crippen LogP contribution in [0.15, 0.2) is 24.3 Å². The summed E-state index contributed by atoms with van der Waals surface area (Å²) in [4.78, 5) is 13.6. The van der Waals surface area contributed by atoms with Crippen LogP contribution in [0.1, 0.15) is 22.5 Å². The van der Waals surface area contributed by atoms with Crippen LogP contribution in [0.3, 0.4) is 0 Å². The van der Waals surface area contributed by atoms with Gasteiger partial charge in [0.15, 0.2) is 0 Å². The van der Waals surface area contributed by atoms with E-state index in [0.717, 1.165) is 16.5 Å². The monoisotopic (exact) mass is 247 g/mol. The molecule has 0 radical (unpaired) electrons. The predicted molar refractivity (Wildman–Crippen MR) is 67.5 cm³/mol. The minimum Gasteiger partial charge on any atom is -0.477 e. The molecule has 2 rings (SSSR count). The predicted octanol–water partition coefficient (Wildman–Crippen LogP) is 2.85. The van der Waals surface area contributed by atoms with Crippen LogP contribution in [0.2, 0.25) is 0 Å². The van der Waals surface area contributed by atoms with Crippen LogP contribution < -0.4 is 0 Å². The summed E-state index contributed by atoms with van der Waals surface area (Å²) in [6.07, 6.45) is 0.644. The van der Waals surface area contributed by atoms with Crippen LogP contribution in [0, 0.1) is 11.8 Å².